The van der Waals surface area contributed by atoms with Gasteiger partial charge in [-0.2, -0.15) is 0 Å². The molecule has 10 aromatic carbocycles. The van der Waals surface area contributed by atoms with Crippen molar-refractivity contribution in [2.45, 2.75) is 96.3 Å². The van der Waals surface area contributed by atoms with Gasteiger partial charge in [0, 0.05) is 27.8 Å². The van der Waals surface area contributed by atoms with E-state index in [1.807, 2.05) is 0 Å². The van der Waals surface area contributed by atoms with Crippen LogP contribution in [0.4, 0.5) is 17.1 Å². The third-order valence-corrected chi connectivity index (χ3v) is 18.2. The Morgan fingerprint density at radius 1 is 0.289 bits per heavy atom. The van der Waals surface area contributed by atoms with Gasteiger partial charge in [0.1, 0.15) is 0 Å². The summed E-state index contributed by atoms with van der Waals surface area (Å²) in [5.41, 5.74) is 31.6. The molecule has 0 saturated carbocycles. The molecule has 76 heavy (non-hydrogen) atoms. The minimum Gasteiger partial charge on any atom is -0.310 e. The fourth-order valence-corrected chi connectivity index (χ4v) is 14.4. The van der Waals surface area contributed by atoms with E-state index in [-0.39, 0.29) is 21.7 Å². The first-order chi connectivity index (χ1) is 36.5. The molecule has 4 aliphatic rings. The van der Waals surface area contributed by atoms with Crippen LogP contribution in [0.25, 0.3) is 66.8 Å². The molecular formula is C75H65N. The first kappa shape index (κ1) is 46.5. The maximum Gasteiger partial charge on any atom is 0.0726 e. The largest absolute Gasteiger partial charge is 0.310 e. The average Bonchev–Trinajstić information content (AvgIpc) is 4.15. The van der Waals surface area contributed by atoms with Gasteiger partial charge in [-0.25, -0.2) is 0 Å². The van der Waals surface area contributed by atoms with Gasteiger partial charge in [-0.05, 0) is 164 Å². The summed E-state index contributed by atoms with van der Waals surface area (Å²) in [7, 11) is 0. The van der Waals surface area contributed by atoms with Gasteiger partial charge in [0.25, 0.3) is 0 Å². The number of fused-ring (bicyclic) bond motifs is 16. The molecule has 0 aromatic heterocycles. The van der Waals surface area contributed by atoms with Crippen LogP contribution in [-0.4, -0.2) is 0 Å². The highest BCUT2D eigenvalue weighted by Gasteiger charge is 2.53. The maximum absolute atomic E-state index is 2.58. The molecule has 1 heteroatoms. The van der Waals surface area contributed by atoms with E-state index in [4.69, 9.17) is 0 Å². The van der Waals surface area contributed by atoms with Crippen molar-refractivity contribution in [2.24, 2.45) is 0 Å². The number of hydrogen-bond acceptors (Lipinski definition) is 1. The number of para-hydroxylation sites is 1. The molecule has 0 aliphatic heterocycles. The van der Waals surface area contributed by atoms with E-state index < -0.39 is 5.41 Å². The standard InChI is InChI=1S/C75H65N/c1-71(2,3)48-34-38-58-59-39-35-49(72(4,5)6)44-67(59)75(66(58)43-48)64-31-17-13-25-55(64)60-40-36-51(45-68(60)75)76(50-22-19-21-46(41-50)53-27-20-28-61-56-26-12-16-30-63(56)74(9,10)70(53)61)69-32-18-14-23-52(69)47-33-37-57-54-24-11-15-29-62(54)73(7,8)65(57)42-47/h11-45H,1-10H3. The Morgan fingerprint density at radius 2 is 0.724 bits per heavy atom. The van der Waals surface area contributed by atoms with Crippen molar-refractivity contribution in [3.8, 4) is 66.8 Å². The Bertz CT molecular complexity index is 4020. The summed E-state index contributed by atoms with van der Waals surface area (Å²) in [5, 5.41) is 0. The highest BCUT2D eigenvalue weighted by molar-refractivity contribution is 5.99. The number of nitrogens with zero attached hydrogens (tertiary/aromatic N) is 1. The van der Waals surface area contributed by atoms with Crippen molar-refractivity contribution in [1.82, 2.24) is 0 Å². The van der Waals surface area contributed by atoms with Crippen LogP contribution in [0.3, 0.4) is 0 Å². The Hall–Kier alpha value is -8.00. The van der Waals surface area contributed by atoms with Gasteiger partial charge in [-0.3, -0.25) is 0 Å². The van der Waals surface area contributed by atoms with E-state index in [0.717, 1.165) is 17.1 Å². The fraction of sp³-hybridized carbons (Fsp3) is 0.200. The molecule has 0 radical (unpaired) electrons. The lowest BCUT2D eigenvalue weighted by Crippen LogP contribution is -2.27. The van der Waals surface area contributed by atoms with E-state index in [2.05, 4.69) is 286 Å². The lowest BCUT2D eigenvalue weighted by Gasteiger charge is -2.34. The van der Waals surface area contributed by atoms with Crippen molar-refractivity contribution in [2.75, 3.05) is 4.90 Å². The van der Waals surface area contributed by atoms with E-state index in [0.29, 0.717) is 0 Å². The maximum atomic E-state index is 2.58. The molecular weight excluding hydrogens is 915 g/mol. The zero-order valence-corrected chi connectivity index (χ0v) is 45.7. The summed E-state index contributed by atoms with van der Waals surface area (Å²) in [4.78, 5) is 2.57. The average molecular weight is 980 g/mol. The van der Waals surface area contributed by atoms with Crippen LogP contribution in [0.1, 0.15) is 125 Å². The van der Waals surface area contributed by atoms with Gasteiger partial charge >= 0.3 is 0 Å². The molecule has 0 bridgehead atoms. The molecule has 0 N–H and O–H groups in total. The van der Waals surface area contributed by atoms with Gasteiger partial charge in [0.15, 0.2) is 0 Å². The lowest BCUT2D eigenvalue weighted by atomic mass is 9.68. The molecule has 0 unspecified atom stereocenters. The highest BCUT2D eigenvalue weighted by atomic mass is 15.1. The summed E-state index contributed by atoms with van der Waals surface area (Å²) in [6, 6.07) is 82.0. The number of rotatable bonds is 5. The Morgan fingerprint density at radius 3 is 1.37 bits per heavy atom. The molecule has 0 fully saturated rings. The summed E-state index contributed by atoms with van der Waals surface area (Å²) in [5.74, 6) is 0. The van der Waals surface area contributed by atoms with Crippen molar-refractivity contribution in [3.63, 3.8) is 0 Å². The predicted octanol–water partition coefficient (Wildman–Crippen LogP) is 20.0. The van der Waals surface area contributed by atoms with Crippen LogP contribution >= 0.6 is 0 Å². The molecule has 0 heterocycles. The molecule has 0 atom stereocenters. The quantitative estimate of drug-likeness (QED) is 0.166. The van der Waals surface area contributed by atoms with Crippen LogP contribution in [0.2, 0.25) is 0 Å². The summed E-state index contributed by atoms with van der Waals surface area (Å²) in [6.07, 6.45) is 0. The van der Waals surface area contributed by atoms with Gasteiger partial charge in [0.05, 0.1) is 11.1 Å². The molecule has 0 amide bonds. The fourth-order valence-electron chi connectivity index (χ4n) is 14.4. The Kier molecular flexibility index (Phi) is 9.80. The molecule has 370 valence electrons. The van der Waals surface area contributed by atoms with E-state index in [1.54, 1.807) is 0 Å². The summed E-state index contributed by atoms with van der Waals surface area (Å²) >= 11 is 0. The van der Waals surface area contributed by atoms with E-state index in [1.165, 1.54) is 122 Å². The second-order valence-corrected chi connectivity index (χ2v) is 25.3. The monoisotopic (exact) mass is 980 g/mol. The molecule has 10 aromatic rings. The van der Waals surface area contributed by atoms with Crippen LogP contribution < -0.4 is 4.90 Å². The summed E-state index contributed by atoms with van der Waals surface area (Å²) in [6.45, 7) is 23.7. The lowest BCUT2D eigenvalue weighted by molar-refractivity contribution is 0.586. The normalized spacial score (nSPS) is 15.3. The van der Waals surface area contributed by atoms with Gasteiger partial charge in [-0.1, -0.05) is 245 Å². The number of hydrogen-bond donors (Lipinski definition) is 0. The van der Waals surface area contributed by atoms with Crippen LogP contribution in [0.5, 0.6) is 0 Å². The van der Waals surface area contributed by atoms with Crippen LogP contribution in [-0.2, 0) is 27.1 Å². The SMILES string of the molecule is CC(C)(C)c1ccc2c(c1)C1(c3ccccc3-c3ccc(N(c4cccc(-c5cccc6c5C(C)(C)c5ccccc5-6)c4)c4ccccc4-c4ccc5c(c4)C(C)(C)c4ccccc4-5)cc31)c1cc(C(C)(C)C)ccc1-2. The third kappa shape index (κ3) is 6.45. The minimum absolute atomic E-state index is 0.0394. The number of benzene rings is 10. The Balaban J connectivity index is 1.03. The van der Waals surface area contributed by atoms with Crippen molar-refractivity contribution in [3.05, 3.63) is 268 Å². The van der Waals surface area contributed by atoms with Crippen LogP contribution in [0, 0.1) is 0 Å². The first-order valence-electron chi connectivity index (χ1n) is 27.5. The summed E-state index contributed by atoms with van der Waals surface area (Å²) < 4.78 is 0. The highest BCUT2D eigenvalue weighted by Crippen LogP contribution is 2.65. The number of anilines is 3. The minimum atomic E-state index is -0.548. The predicted molar refractivity (Wildman–Crippen MR) is 321 cm³/mol. The van der Waals surface area contributed by atoms with Gasteiger partial charge < -0.3 is 4.90 Å². The molecule has 1 spiro atoms. The molecule has 14 rings (SSSR count). The topological polar surface area (TPSA) is 3.24 Å². The van der Waals surface area contributed by atoms with Gasteiger partial charge in [0.2, 0.25) is 0 Å². The van der Waals surface area contributed by atoms with Crippen molar-refractivity contribution >= 4 is 17.1 Å². The van der Waals surface area contributed by atoms with Gasteiger partial charge in [-0.15, -0.1) is 0 Å². The van der Waals surface area contributed by atoms with Crippen LogP contribution in [0.15, 0.2) is 212 Å². The van der Waals surface area contributed by atoms with Crippen molar-refractivity contribution in [1.29, 1.82) is 0 Å². The smallest absolute Gasteiger partial charge is 0.0726 e. The molecule has 4 aliphatic carbocycles. The second-order valence-electron chi connectivity index (χ2n) is 25.3. The Labute approximate surface area is 450 Å². The second kappa shape index (κ2) is 16.0. The first-order valence-corrected chi connectivity index (χ1v) is 27.5. The van der Waals surface area contributed by atoms with E-state index >= 15 is 0 Å². The third-order valence-electron chi connectivity index (χ3n) is 18.2. The zero-order chi connectivity index (χ0) is 52.3. The zero-order valence-electron chi connectivity index (χ0n) is 45.7. The van der Waals surface area contributed by atoms with E-state index in [9.17, 15) is 0 Å². The van der Waals surface area contributed by atoms with Crippen molar-refractivity contribution < 1.29 is 0 Å². The molecule has 0 saturated heterocycles. The molecule has 1 nitrogen and oxygen atoms in total.